The summed E-state index contributed by atoms with van der Waals surface area (Å²) in [5.74, 6) is 0.273. The molecule has 0 saturated heterocycles. The molecule has 3 heterocycles. The number of fused-ring (bicyclic) bond motifs is 1. The lowest BCUT2D eigenvalue weighted by Gasteiger charge is -2.16. The SMILES string of the molecule is CC(CCc1ccco1)NC(=O)c1cc(=O)n(C)c2c1c(=O)n(C)c(=O)n2C. The third kappa shape index (κ3) is 3.30. The summed E-state index contributed by atoms with van der Waals surface area (Å²) in [6.07, 6.45) is 2.85. The average Bonchev–Trinajstić information content (AvgIpc) is 3.18. The van der Waals surface area contributed by atoms with Crippen LogP contribution in [-0.4, -0.2) is 25.7 Å². The van der Waals surface area contributed by atoms with Crippen LogP contribution in [-0.2, 0) is 27.6 Å². The van der Waals surface area contributed by atoms with Crippen LogP contribution in [0.15, 0.2) is 43.3 Å². The number of hydrogen-bond donors (Lipinski definition) is 1. The van der Waals surface area contributed by atoms with E-state index in [1.807, 2.05) is 13.0 Å². The summed E-state index contributed by atoms with van der Waals surface area (Å²) in [4.78, 5) is 50.1. The molecule has 0 fully saturated rings. The summed E-state index contributed by atoms with van der Waals surface area (Å²) in [5.41, 5.74) is -1.61. The molecule has 28 heavy (non-hydrogen) atoms. The highest BCUT2D eigenvalue weighted by Gasteiger charge is 2.21. The van der Waals surface area contributed by atoms with Gasteiger partial charge in [0, 0.05) is 39.7 Å². The van der Waals surface area contributed by atoms with Gasteiger partial charge in [0.2, 0.25) is 0 Å². The molecule has 0 bridgehead atoms. The fourth-order valence-electron chi connectivity index (χ4n) is 3.23. The average molecular weight is 386 g/mol. The van der Waals surface area contributed by atoms with E-state index in [0.29, 0.717) is 12.8 Å². The first-order valence-electron chi connectivity index (χ1n) is 8.85. The Labute approximate surface area is 159 Å². The van der Waals surface area contributed by atoms with Crippen molar-refractivity contribution in [2.24, 2.45) is 21.1 Å². The molecular formula is C19H22N4O5. The van der Waals surface area contributed by atoms with Crippen molar-refractivity contribution in [3.05, 3.63) is 67.0 Å². The van der Waals surface area contributed by atoms with Crippen LogP contribution in [0.25, 0.3) is 11.0 Å². The Kier molecular flexibility index (Phi) is 5.08. The molecule has 0 saturated carbocycles. The summed E-state index contributed by atoms with van der Waals surface area (Å²) >= 11 is 0. The monoisotopic (exact) mass is 386 g/mol. The molecule has 148 valence electrons. The first-order chi connectivity index (χ1) is 13.2. The van der Waals surface area contributed by atoms with Crippen LogP contribution < -0.4 is 22.1 Å². The normalized spacial score (nSPS) is 12.3. The van der Waals surface area contributed by atoms with E-state index in [1.165, 1.54) is 30.3 Å². The van der Waals surface area contributed by atoms with Crippen molar-refractivity contribution in [2.45, 2.75) is 25.8 Å². The molecule has 0 spiro atoms. The maximum Gasteiger partial charge on any atom is 0.332 e. The minimum absolute atomic E-state index is 0.0300. The van der Waals surface area contributed by atoms with Gasteiger partial charge < -0.3 is 9.73 Å². The van der Waals surface area contributed by atoms with E-state index in [4.69, 9.17) is 4.42 Å². The molecular weight excluding hydrogens is 364 g/mol. The van der Waals surface area contributed by atoms with Gasteiger partial charge in [-0.05, 0) is 25.5 Å². The lowest BCUT2D eigenvalue weighted by Crippen LogP contribution is -2.41. The number of amides is 1. The Morgan fingerprint density at radius 1 is 1.14 bits per heavy atom. The van der Waals surface area contributed by atoms with E-state index in [-0.39, 0.29) is 22.6 Å². The van der Waals surface area contributed by atoms with Crippen LogP contribution in [0.4, 0.5) is 0 Å². The summed E-state index contributed by atoms with van der Waals surface area (Å²) in [6, 6.07) is 4.56. The molecule has 1 N–H and O–H groups in total. The molecule has 9 nitrogen and oxygen atoms in total. The van der Waals surface area contributed by atoms with Crippen molar-refractivity contribution < 1.29 is 9.21 Å². The highest BCUT2D eigenvalue weighted by molar-refractivity contribution is 6.05. The molecule has 3 aromatic rings. The first-order valence-corrected chi connectivity index (χ1v) is 8.85. The zero-order chi connectivity index (χ0) is 20.6. The van der Waals surface area contributed by atoms with Crippen LogP contribution in [0.1, 0.15) is 29.5 Å². The Bertz CT molecular complexity index is 1210. The summed E-state index contributed by atoms with van der Waals surface area (Å²) in [5, 5.41) is 2.84. The largest absolute Gasteiger partial charge is 0.469 e. The Morgan fingerprint density at radius 2 is 1.86 bits per heavy atom. The first kappa shape index (κ1) is 19.4. The van der Waals surface area contributed by atoms with E-state index in [1.54, 1.807) is 12.3 Å². The van der Waals surface area contributed by atoms with Crippen LogP contribution >= 0.6 is 0 Å². The van der Waals surface area contributed by atoms with Crippen molar-refractivity contribution >= 4 is 16.9 Å². The van der Waals surface area contributed by atoms with E-state index in [0.717, 1.165) is 16.4 Å². The van der Waals surface area contributed by atoms with Crippen molar-refractivity contribution in [3.63, 3.8) is 0 Å². The minimum atomic E-state index is -0.623. The number of aromatic nitrogens is 3. The number of rotatable bonds is 5. The standard InChI is InChI=1S/C19H22N4O5/c1-11(7-8-12-6-5-9-28-12)20-16(25)13-10-14(24)21(2)17-15(13)18(26)23(4)19(27)22(17)3/h5-6,9-11H,7-8H2,1-4H3,(H,20,25). The van der Waals surface area contributed by atoms with Gasteiger partial charge in [0.05, 0.1) is 17.2 Å². The maximum absolute atomic E-state index is 12.8. The summed E-state index contributed by atoms with van der Waals surface area (Å²) in [7, 11) is 4.25. The van der Waals surface area contributed by atoms with E-state index < -0.39 is 22.7 Å². The lowest BCUT2D eigenvalue weighted by molar-refractivity contribution is 0.0939. The number of pyridine rings is 1. The highest BCUT2D eigenvalue weighted by Crippen LogP contribution is 2.12. The van der Waals surface area contributed by atoms with Crippen molar-refractivity contribution in [3.8, 4) is 0 Å². The molecule has 0 aromatic carbocycles. The number of nitrogens with one attached hydrogen (secondary N) is 1. The smallest absolute Gasteiger partial charge is 0.332 e. The maximum atomic E-state index is 12.8. The number of furan rings is 1. The Balaban J connectivity index is 2.01. The third-order valence-corrected chi connectivity index (χ3v) is 4.85. The van der Waals surface area contributed by atoms with Gasteiger partial charge >= 0.3 is 5.69 Å². The molecule has 0 aliphatic carbocycles. The molecule has 1 unspecified atom stereocenters. The second-order valence-corrected chi connectivity index (χ2v) is 6.85. The van der Waals surface area contributed by atoms with Gasteiger partial charge in [-0.2, -0.15) is 0 Å². The molecule has 3 rings (SSSR count). The number of carbonyl (C=O) groups is 1. The Morgan fingerprint density at radius 3 is 2.50 bits per heavy atom. The molecule has 0 aliphatic rings. The molecule has 1 atom stereocenters. The second-order valence-electron chi connectivity index (χ2n) is 6.85. The predicted octanol–water partition coefficient (Wildman–Crippen LogP) is 0.280. The topological polar surface area (TPSA) is 108 Å². The number of carbonyl (C=O) groups excluding carboxylic acids is 1. The van der Waals surface area contributed by atoms with Gasteiger partial charge in [-0.15, -0.1) is 0 Å². The number of aryl methyl sites for hydroxylation is 3. The molecule has 0 radical (unpaired) electrons. The van der Waals surface area contributed by atoms with E-state index in [9.17, 15) is 19.2 Å². The second kappa shape index (κ2) is 7.34. The van der Waals surface area contributed by atoms with Gasteiger partial charge in [0.25, 0.3) is 17.0 Å². The Hall–Kier alpha value is -3.36. The fraction of sp³-hybridized carbons (Fsp3) is 0.368. The van der Waals surface area contributed by atoms with Crippen molar-refractivity contribution in [1.82, 2.24) is 19.0 Å². The highest BCUT2D eigenvalue weighted by atomic mass is 16.3. The van der Waals surface area contributed by atoms with Crippen LogP contribution in [0, 0.1) is 0 Å². The fourth-order valence-corrected chi connectivity index (χ4v) is 3.23. The van der Waals surface area contributed by atoms with Gasteiger partial charge in [0.15, 0.2) is 0 Å². The van der Waals surface area contributed by atoms with Gasteiger partial charge in [0.1, 0.15) is 11.4 Å². The van der Waals surface area contributed by atoms with Gasteiger partial charge in [-0.3, -0.25) is 28.1 Å². The van der Waals surface area contributed by atoms with E-state index >= 15 is 0 Å². The zero-order valence-corrected chi connectivity index (χ0v) is 16.2. The predicted molar refractivity (Wildman–Crippen MR) is 104 cm³/mol. The third-order valence-electron chi connectivity index (χ3n) is 4.85. The zero-order valence-electron chi connectivity index (χ0n) is 16.2. The minimum Gasteiger partial charge on any atom is -0.469 e. The van der Waals surface area contributed by atoms with Crippen molar-refractivity contribution in [2.75, 3.05) is 0 Å². The van der Waals surface area contributed by atoms with Crippen LogP contribution in [0.5, 0.6) is 0 Å². The van der Waals surface area contributed by atoms with Gasteiger partial charge in [-0.25, -0.2) is 4.79 Å². The van der Waals surface area contributed by atoms with E-state index in [2.05, 4.69) is 5.32 Å². The van der Waals surface area contributed by atoms with Crippen LogP contribution in [0.3, 0.4) is 0 Å². The quantitative estimate of drug-likeness (QED) is 0.678. The summed E-state index contributed by atoms with van der Waals surface area (Å²) in [6.45, 7) is 1.83. The lowest BCUT2D eigenvalue weighted by atomic mass is 10.1. The number of nitrogens with zero attached hydrogens (tertiary/aromatic N) is 3. The van der Waals surface area contributed by atoms with Crippen LogP contribution in [0.2, 0.25) is 0 Å². The molecule has 1 amide bonds. The molecule has 3 aromatic heterocycles. The molecule has 9 heteroatoms. The van der Waals surface area contributed by atoms with Gasteiger partial charge in [-0.1, -0.05) is 0 Å². The molecule has 0 aliphatic heterocycles. The van der Waals surface area contributed by atoms with Crippen molar-refractivity contribution in [1.29, 1.82) is 0 Å². The summed E-state index contributed by atoms with van der Waals surface area (Å²) < 4.78 is 8.58. The number of hydrogen-bond acceptors (Lipinski definition) is 5.